The van der Waals surface area contributed by atoms with E-state index in [-0.39, 0.29) is 29.9 Å². The van der Waals surface area contributed by atoms with Gasteiger partial charge >= 0.3 is 12.1 Å². The highest BCUT2D eigenvalue weighted by Crippen LogP contribution is 2.44. The number of nitrogens with zero attached hydrogens (tertiary/aromatic N) is 2. The molecule has 5 rings (SSSR count). The zero-order chi connectivity index (χ0) is 24.5. The van der Waals surface area contributed by atoms with Crippen LogP contribution in [0.2, 0.25) is 0 Å². The molecule has 35 heavy (non-hydrogen) atoms. The third-order valence-corrected chi connectivity index (χ3v) is 6.74. The fourth-order valence-electron chi connectivity index (χ4n) is 5.08. The van der Waals surface area contributed by atoms with Crippen molar-refractivity contribution in [3.63, 3.8) is 0 Å². The first-order chi connectivity index (χ1) is 16.9. The van der Waals surface area contributed by atoms with E-state index in [1.165, 1.54) is 10.9 Å². The molecule has 1 heterocycles. The lowest BCUT2D eigenvalue weighted by atomic mass is 9.98. The van der Waals surface area contributed by atoms with E-state index in [4.69, 9.17) is 4.74 Å². The van der Waals surface area contributed by atoms with E-state index in [0.29, 0.717) is 19.3 Å². The van der Waals surface area contributed by atoms with Crippen molar-refractivity contribution in [3.05, 3.63) is 71.5 Å². The van der Waals surface area contributed by atoms with Crippen molar-refractivity contribution in [1.82, 2.24) is 15.1 Å². The molecular weight excluding hydrogens is 448 g/mol. The maximum Gasteiger partial charge on any atom is 0.411 e. The van der Waals surface area contributed by atoms with Crippen LogP contribution >= 0.6 is 0 Å². The number of ether oxygens (including phenoxy) is 1. The molecule has 2 aliphatic carbocycles. The first-order valence-corrected chi connectivity index (χ1v) is 11.6. The van der Waals surface area contributed by atoms with Crippen molar-refractivity contribution in [3.8, 4) is 11.1 Å². The molecule has 2 amide bonds. The Morgan fingerprint density at radius 1 is 1.06 bits per heavy atom. The normalized spacial score (nSPS) is 18.5. The van der Waals surface area contributed by atoms with Crippen LogP contribution in [0.3, 0.4) is 0 Å². The number of hydrogen-bond acceptors (Lipinski definition) is 5. The van der Waals surface area contributed by atoms with E-state index in [2.05, 4.69) is 27.9 Å². The largest absolute Gasteiger partial charge is 0.481 e. The zero-order valence-corrected chi connectivity index (χ0v) is 19.2. The van der Waals surface area contributed by atoms with Crippen LogP contribution < -0.4 is 10.6 Å². The maximum absolute atomic E-state index is 12.8. The van der Waals surface area contributed by atoms with Gasteiger partial charge in [-0.1, -0.05) is 48.5 Å². The molecule has 2 atom stereocenters. The summed E-state index contributed by atoms with van der Waals surface area (Å²) in [6, 6.07) is 15.9. The SMILES string of the molecule is Cn1cc(NC(=O)OCC2c3ccccc3-c3ccccc32)c(C(=O)N[C@@H]2CC[C@H](C(=O)O)C2)n1. The van der Waals surface area contributed by atoms with Crippen molar-refractivity contribution < 1.29 is 24.2 Å². The standard InChI is InChI=1S/C26H26N4O5/c1-30-13-22(23(29-30)24(31)27-16-11-10-15(12-16)25(32)33)28-26(34)35-14-21-19-8-4-2-6-17(19)18-7-3-5-9-20(18)21/h2-9,13,15-16,21H,10-12,14H2,1H3,(H,27,31)(H,28,34)(H,32,33)/t15-,16+/m0/s1. The Morgan fingerprint density at radius 3 is 2.34 bits per heavy atom. The van der Waals surface area contributed by atoms with E-state index in [1.807, 2.05) is 36.4 Å². The number of amides is 2. The topological polar surface area (TPSA) is 123 Å². The number of rotatable bonds is 6. The third-order valence-electron chi connectivity index (χ3n) is 6.74. The second-order valence-electron chi connectivity index (χ2n) is 9.03. The average Bonchev–Trinajstić information content (AvgIpc) is 3.54. The smallest absolute Gasteiger partial charge is 0.411 e. The van der Waals surface area contributed by atoms with Gasteiger partial charge in [0.15, 0.2) is 5.69 Å². The van der Waals surface area contributed by atoms with Gasteiger partial charge in [0, 0.05) is 25.2 Å². The molecule has 0 spiro atoms. The molecule has 1 fully saturated rings. The number of aliphatic carboxylic acids is 1. The first-order valence-electron chi connectivity index (χ1n) is 11.6. The Balaban J connectivity index is 1.24. The lowest BCUT2D eigenvalue weighted by Crippen LogP contribution is -2.34. The van der Waals surface area contributed by atoms with Gasteiger partial charge in [-0.15, -0.1) is 0 Å². The number of carboxylic acid groups (broad SMARTS) is 1. The summed E-state index contributed by atoms with van der Waals surface area (Å²) in [5.41, 5.74) is 4.79. The summed E-state index contributed by atoms with van der Waals surface area (Å²) in [5.74, 6) is -1.84. The minimum absolute atomic E-state index is 0.0554. The van der Waals surface area contributed by atoms with Crippen molar-refractivity contribution >= 4 is 23.7 Å². The first kappa shape index (κ1) is 22.6. The van der Waals surface area contributed by atoms with Gasteiger partial charge in [0.1, 0.15) is 6.61 Å². The summed E-state index contributed by atoms with van der Waals surface area (Å²) >= 11 is 0. The fourth-order valence-corrected chi connectivity index (χ4v) is 5.08. The van der Waals surface area contributed by atoms with Crippen LogP contribution in [0.4, 0.5) is 10.5 Å². The third kappa shape index (κ3) is 4.49. The summed E-state index contributed by atoms with van der Waals surface area (Å²) in [6.45, 7) is 0.153. The second kappa shape index (κ2) is 9.25. The van der Waals surface area contributed by atoms with Gasteiger partial charge in [0.05, 0.1) is 11.6 Å². The molecular formula is C26H26N4O5. The highest BCUT2D eigenvalue weighted by Gasteiger charge is 2.32. The van der Waals surface area contributed by atoms with Crippen molar-refractivity contribution in [1.29, 1.82) is 0 Å². The van der Waals surface area contributed by atoms with Crippen LogP contribution in [0.25, 0.3) is 11.1 Å². The van der Waals surface area contributed by atoms with Gasteiger partial charge in [-0.2, -0.15) is 5.10 Å². The molecule has 1 saturated carbocycles. The van der Waals surface area contributed by atoms with Gasteiger partial charge in [0.2, 0.25) is 0 Å². The molecule has 0 radical (unpaired) electrons. The van der Waals surface area contributed by atoms with E-state index >= 15 is 0 Å². The van der Waals surface area contributed by atoms with Gasteiger partial charge < -0.3 is 15.2 Å². The predicted molar refractivity (Wildman–Crippen MR) is 128 cm³/mol. The Hall–Kier alpha value is -4.14. The average molecular weight is 475 g/mol. The minimum atomic E-state index is -0.850. The minimum Gasteiger partial charge on any atom is -0.481 e. The number of carbonyl (C=O) groups excluding carboxylic acids is 2. The molecule has 9 heteroatoms. The lowest BCUT2D eigenvalue weighted by molar-refractivity contribution is -0.141. The molecule has 2 aromatic carbocycles. The van der Waals surface area contributed by atoms with E-state index in [9.17, 15) is 19.5 Å². The predicted octanol–water partition coefficient (Wildman–Crippen LogP) is 3.76. The van der Waals surface area contributed by atoms with E-state index in [1.54, 1.807) is 7.05 Å². The van der Waals surface area contributed by atoms with Crippen molar-refractivity contribution in [2.24, 2.45) is 13.0 Å². The Morgan fingerprint density at radius 2 is 1.71 bits per heavy atom. The number of fused-ring (bicyclic) bond motifs is 3. The van der Waals surface area contributed by atoms with Gasteiger partial charge in [0.25, 0.3) is 5.91 Å². The summed E-state index contributed by atoms with van der Waals surface area (Å²) in [6.07, 6.45) is 2.34. The van der Waals surface area contributed by atoms with Crippen LogP contribution in [0, 0.1) is 5.92 Å². The Labute approximate surface area is 202 Å². The monoisotopic (exact) mass is 474 g/mol. The quantitative estimate of drug-likeness (QED) is 0.500. The molecule has 3 aromatic rings. The van der Waals surface area contributed by atoms with Crippen molar-refractivity contribution in [2.75, 3.05) is 11.9 Å². The number of nitrogens with one attached hydrogen (secondary N) is 2. The number of benzene rings is 2. The zero-order valence-electron chi connectivity index (χ0n) is 19.2. The molecule has 0 saturated heterocycles. The highest BCUT2D eigenvalue weighted by atomic mass is 16.5. The Bertz CT molecular complexity index is 1250. The van der Waals surface area contributed by atoms with Gasteiger partial charge in [-0.25, -0.2) is 4.79 Å². The number of carboxylic acids is 1. The highest BCUT2D eigenvalue weighted by molar-refractivity contribution is 6.01. The van der Waals surface area contributed by atoms with E-state index in [0.717, 1.165) is 22.3 Å². The molecule has 9 nitrogen and oxygen atoms in total. The molecule has 0 aliphatic heterocycles. The van der Waals surface area contributed by atoms with Crippen LogP contribution in [0.1, 0.15) is 46.8 Å². The molecule has 3 N–H and O–H groups in total. The van der Waals surface area contributed by atoms with Crippen LogP contribution in [-0.4, -0.2) is 45.5 Å². The van der Waals surface area contributed by atoms with Crippen LogP contribution in [0.5, 0.6) is 0 Å². The van der Waals surface area contributed by atoms with E-state index < -0.39 is 23.9 Å². The molecule has 0 unspecified atom stereocenters. The summed E-state index contributed by atoms with van der Waals surface area (Å²) in [7, 11) is 1.65. The number of aromatic nitrogens is 2. The summed E-state index contributed by atoms with van der Waals surface area (Å²) < 4.78 is 7.01. The maximum atomic E-state index is 12.8. The van der Waals surface area contributed by atoms with Crippen LogP contribution in [0.15, 0.2) is 54.7 Å². The second-order valence-corrected chi connectivity index (χ2v) is 9.03. The molecule has 0 bridgehead atoms. The van der Waals surface area contributed by atoms with Gasteiger partial charge in [-0.05, 0) is 41.5 Å². The number of aryl methyl sites for hydroxylation is 1. The summed E-state index contributed by atoms with van der Waals surface area (Å²) in [4.78, 5) is 36.7. The lowest BCUT2D eigenvalue weighted by Gasteiger charge is -2.15. The number of anilines is 1. The van der Waals surface area contributed by atoms with Crippen LogP contribution in [-0.2, 0) is 16.6 Å². The molecule has 2 aliphatic rings. The fraction of sp³-hybridized carbons (Fsp3) is 0.308. The number of carbonyl (C=O) groups is 3. The van der Waals surface area contributed by atoms with Gasteiger partial charge in [-0.3, -0.25) is 19.6 Å². The summed E-state index contributed by atoms with van der Waals surface area (Å²) in [5, 5.41) is 18.8. The number of hydrogen-bond donors (Lipinski definition) is 3. The van der Waals surface area contributed by atoms with Crippen molar-refractivity contribution in [2.45, 2.75) is 31.2 Å². The Kier molecular flexibility index (Phi) is 5.98. The molecule has 180 valence electrons. The molecule has 1 aromatic heterocycles.